The molecule has 0 saturated carbocycles. The Morgan fingerprint density at radius 3 is 2.68 bits per heavy atom. The summed E-state index contributed by atoms with van der Waals surface area (Å²) in [5.41, 5.74) is 0.860. The summed E-state index contributed by atoms with van der Waals surface area (Å²) in [6.45, 7) is 5.13. The lowest BCUT2D eigenvalue weighted by atomic mass is 10.1. The van der Waals surface area contributed by atoms with Crippen LogP contribution in [0, 0.1) is 6.92 Å². The van der Waals surface area contributed by atoms with E-state index >= 15 is 0 Å². The molecule has 2 rings (SSSR count). The Kier molecular flexibility index (Phi) is 6.37. The lowest BCUT2D eigenvalue weighted by Gasteiger charge is -2.31. The number of methoxy groups -OCH3 is 1. The Hall–Kier alpha value is -1.15. The lowest BCUT2D eigenvalue weighted by molar-refractivity contribution is 0.0600. The molecule has 0 aromatic heterocycles. The van der Waals surface area contributed by atoms with Crippen LogP contribution < -0.4 is 5.32 Å². The number of benzene rings is 1. The van der Waals surface area contributed by atoms with Gasteiger partial charge in [-0.25, -0.2) is 13.2 Å². The molecule has 1 N–H and O–H groups in total. The van der Waals surface area contributed by atoms with Crippen LogP contribution in [0.1, 0.15) is 22.8 Å². The van der Waals surface area contributed by atoms with Crippen molar-refractivity contribution in [3.05, 3.63) is 29.3 Å². The molecule has 1 aliphatic rings. The SMILES string of the molecule is COC(=O)c1ccc(C)c(S(=O)(=O)N2CCN[C@H](C)C2)c1.Cl. The predicted molar refractivity (Wildman–Crippen MR) is 86.0 cm³/mol. The first kappa shape index (κ1) is 18.9. The van der Waals surface area contributed by atoms with Gasteiger partial charge in [-0.15, -0.1) is 12.4 Å². The Bertz CT molecular complexity index is 648. The van der Waals surface area contributed by atoms with Gasteiger partial charge < -0.3 is 10.1 Å². The molecule has 6 nitrogen and oxygen atoms in total. The summed E-state index contributed by atoms with van der Waals surface area (Å²) in [4.78, 5) is 11.8. The molecule has 0 amide bonds. The van der Waals surface area contributed by atoms with Crippen molar-refractivity contribution in [1.29, 1.82) is 0 Å². The maximum absolute atomic E-state index is 12.8. The highest BCUT2D eigenvalue weighted by molar-refractivity contribution is 7.89. The number of hydrogen-bond donors (Lipinski definition) is 1. The minimum atomic E-state index is -3.60. The van der Waals surface area contributed by atoms with Gasteiger partial charge in [-0.3, -0.25) is 0 Å². The van der Waals surface area contributed by atoms with Gasteiger partial charge in [0.05, 0.1) is 17.6 Å². The Morgan fingerprint density at radius 2 is 2.09 bits per heavy atom. The second-order valence-electron chi connectivity index (χ2n) is 5.19. The largest absolute Gasteiger partial charge is 0.465 e. The third-order valence-corrected chi connectivity index (χ3v) is 5.57. The summed E-state index contributed by atoms with van der Waals surface area (Å²) in [6, 6.07) is 4.70. The number of sulfonamides is 1. The van der Waals surface area contributed by atoms with E-state index in [-0.39, 0.29) is 28.9 Å². The van der Waals surface area contributed by atoms with Crippen molar-refractivity contribution in [2.24, 2.45) is 0 Å². The highest BCUT2D eigenvalue weighted by Crippen LogP contribution is 2.22. The second kappa shape index (κ2) is 7.41. The van der Waals surface area contributed by atoms with Crippen molar-refractivity contribution in [3.63, 3.8) is 0 Å². The van der Waals surface area contributed by atoms with Gasteiger partial charge in [0, 0.05) is 25.7 Å². The smallest absolute Gasteiger partial charge is 0.337 e. The summed E-state index contributed by atoms with van der Waals surface area (Å²) >= 11 is 0. The van der Waals surface area contributed by atoms with Crippen LogP contribution in [0.25, 0.3) is 0 Å². The summed E-state index contributed by atoms with van der Waals surface area (Å²) in [6.07, 6.45) is 0. The molecule has 1 fully saturated rings. The first-order valence-electron chi connectivity index (χ1n) is 6.78. The van der Waals surface area contributed by atoms with E-state index in [2.05, 4.69) is 10.1 Å². The molecule has 0 bridgehead atoms. The first-order chi connectivity index (χ1) is 9.86. The summed E-state index contributed by atoms with van der Waals surface area (Å²) < 4.78 is 31.6. The molecule has 1 heterocycles. The number of nitrogens with zero attached hydrogens (tertiary/aromatic N) is 1. The highest BCUT2D eigenvalue weighted by atomic mass is 35.5. The predicted octanol–water partition coefficient (Wildman–Crippen LogP) is 1.19. The van der Waals surface area contributed by atoms with Crippen molar-refractivity contribution in [2.75, 3.05) is 26.7 Å². The number of ether oxygens (including phenoxy) is 1. The molecular formula is C14H21ClN2O4S. The number of aryl methyl sites for hydroxylation is 1. The quantitative estimate of drug-likeness (QED) is 0.830. The van der Waals surface area contributed by atoms with Crippen LogP contribution in [0.3, 0.4) is 0 Å². The molecule has 1 aromatic carbocycles. The molecule has 1 aromatic rings. The number of carbonyl (C=O) groups is 1. The Morgan fingerprint density at radius 1 is 1.41 bits per heavy atom. The van der Waals surface area contributed by atoms with Crippen molar-refractivity contribution in [1.82, 2.24) is 9.62 Å². The zero-order valence-electron chi connectivity index (χ0n) is 12.8. The normalized spacial score (nSPS) is 19.3. The van der Waals surface area contributed by atoms with Gasteiger partial charge in [-0.1, -0.05) is 6.07 Å². The summed E-state index contributed by atoms with van der Waals surface area (Å²) in [7, 11) is -2.33. The molecule has 0 radical (unpaired) electrons. The Balaban J connectivity index is 0.00000242. The number of esters is 1. The van der Waals surface area contributed by atoms with Gasteiger partial charge in [0.1, 0.15) is 0 Å². The number of carbonyl (C=O) groups excluding carboxylic acids is 1. The van der Waals surface area contributed by atoms with E-state index in [9.17, 15) is 13.2 Å². The molecule has 1 aliphatic heterocycles. The first-order valence-corrected chi connectivity index (χ1v) is 8.22. The lowest BCUT2D eigenvalue weighted by Crippen LogP contribution is -2.51. The van der Waals surface area contributed by atoms with Crippen LogP contribution in [-0.2, 0) is 14.8 Å². The van der Waals surface area contributed by atoms with Gasteiger partial charge in [0.2, 0.25) is 10.0 Å². The summed E-state index contributed by atoms with van der Waals surface area (Å²) in [5.74, 6) is -0.542. The molecule has 1 atom stereocenters. The van der Waals surface area contributed by atoms with E-state index < -0.39 is 16.0 Å². The number of hydrogen-bond acceptors (Lipinski definition) is 5. The average Bonchev–Trinajstić information content (AvgIpc) is 2.46. The monoisotopic (exact) mass is 348 g/mol. The number of nitrogens with one attached hydrogen (secondary N) is 1. The minimum Gasteiger partial charge on any atom is -0.465 e. The van der Waals surface area contributed by atoms with Gasteiger partial charge in [0.15, 0.2) is 0 Å². The van der Waals surface area contributed by atoms with Crippen molar-refractivity contribution in [2.45, 2.75) is 24.8 Å². The van der Waals surface area contributed by atoms with Crippen LogP contribution in [0.4, 0.5) is 0 Å². The topological polar surface area (TPSA) is 75.7 Å². The number of piperazine rings is 1. The number of rotatable bonds is 3. The molecular weight excluding hydrogens is 328 g/mol. The molecule has 8 heteroatoms. The van der Waals surface area contributed by atoms with E-state index in [1.807, 2.05) is 6.92 Å². The zero-order valence-corrected chi connectivity index (χ0v) is 14.5. The van der Waals surface area contributed by atoms with Crippen LogP contribution in [0.5, 0.6) is 0 Å². The third-order valence-electron chi connectivity index (χ3n) is 3.56. The second-order valence-corrected chi connectivity index (χ2v) is 7.10. The molecule has 0 unspecified atom stereocenters. The van der Waals surface area contributed by atoms with Crippen LogP contribution in [-0.4, -0.2) is 51.5 Å². The highest BCUT2D eigenvalue weighted by Gasteiger charge is 2.30. The minimum absolute atomic E-state index is 0. The van der Waals surface area contributed by atoms with Gasteiger partial charge in [0.25, 0.3) is 0 Å². The number of halogens is 1. The fraction of sp³-hybridized carbons (Fsp3) is 0.500. The van der Waals surface area contributed by atoms with Crippen LogP contribution >= 0.6 is 12.4 Å². The maximum atomic E-state index is 12.8. The van der Waals surface area contributed by atoms with Crippen LogP contribution in [0.15, 0.2) is 23.1 Å². The average molecular weight is 349 g/mol. The van der Waals surface area contributed by atoms with Crippen LogP contribution in [0.2, 0.25) is 0 Å². The maximum Gasteiger partial charge on any atom is 0.337 e. The van der Waals surface area contributed by atoms with E-state index in [1.165, 1.54) is 17.5 Å². The summed E-state index contributed by atoms with van der Waals surface area (Å²) in [5, 5.41) is 3.21. The van der Waals surface area contributed by atoms with Gasteiger partial charge >= 0.3 is 5.97 Å². The molecule has 0 spiro atoms. The third kappa shape index (κ3) is 3.78. The zero-order chi connectivity index (χ0) is 15.6. The van der Waals surface area contributed by atoms with E-state index in [4.69, 9.17) is 0 Å². The standard InChI is InChI=1S/C14H20N2O4S.ClH/c1-10-4-5-12(14(17)20-3)8-13(10)21(18,19)16-7-6-15-11(2)9-16;/h4-5,8,11,15H,6-7,9H2,1-3H3;1H/t11-;/m1./s1. The molecule has 22 heavy (non-hydrogen) atoms. The fourth-order valence-corrected chi connectivity index (χ4v) is 4.16. The van der Waals surface area contributed by atoms with Crippen molar-refractivity contribution >= 4 is 28.4 Å². The van der Waals surface area contributed by atoms with E-state index in [0.29, 0.717) is 25.2 Å². The van der Waals surface area contributed by atoms with Gasteiger partial charge in [-0.05, 0) is 31.5 Å². The van der Waals surface area contributed by atoms with Crippen molar-refractivity contribution in [3.8, 4) is 0 Å². The van der Waals surface area contributed by atoms with Gasteiger partial charge in [-0.2, -0.15) is 4.31 Å². The molecule has 1 saturated heterocycles. The fourth-order valence-electron chi connectivity index (χ4n) is 2.38. The van der Waals surface area contributed by atoms with Crippen molar-refractivity contribution < 1.29 is 17.9 Å². The molecule has 124 valence electrons. The molecule has 0 aliphatic carbocycles. The van der Waals surface area contributed by atoms with E-state index in [0.717, 1.165) is 0 Å². The van der Waals surface area contributed by atoms with E-state index in [1.54, 1.807) is 19.1 Å². The Labute approximate surface area is 137 Å².